The van der Waals surface area contributed by atoms with Crippen molar-refractivity contribution in [2.75, 3.05) is 5.73 Å². The first kappa shape index (κ1) is 24.4. The Morgan fingerprint density at radius 3 is 2.45 bits per heavy atom. The Hall–Kier alpha value is -2.82. The molecule has 5 N–H and O–H groups in total. The smallest absolute Gasteiger partial charge is 0.418 e. The van der Waals surface area contributed by atoms with Crippen LogP contribution in [0.5, 0.6) is 0 Å². The molecular formula is C15H21N5O9S2. The van der Waals surface area contributed by atoms with Crippen LogP contribution in [0.2, 0.25) is 0 Å². The highest BCUT2D eigenvalue weighted by Crippen LogP contribution is 2.32. The minimum absolute atomic E-state index is 0.0245. The molecule has 0 aromatic carbocycles. The van der Waals surface area contributed by atoms with Gasteiger partial charge in [0.2, 0.25) is 6.10 Å². The van der Waals surface area contributed by atoms with Crippen molar-refractivity contribution in [2.24, 2.45) is 11.1 Å². The summed E-state index contributed by atoms with van der Waals surface area (Å²) >= 11 is 0.987. The quantitative estimate of drug-likeness (QED) is 0.152. The number of aromatic nitrogens is 1. The molecule has 31 heavy (non-hydrogen) atoms. The molecule has 2 heterocycles. The third-order valence-electron chi connectivity index (χ3n) is 4.21. The Morgan fingerprint density at radius 1 is 1.42 bits per heavy atom. The van der Waals surface area contributed by atoms with E-state index in [1.807, 2.05) is 0 Å². The van der Waals surface area contributed by atoms with Gasteiger partial charge in [0, 0.05) is 11.3 Å². The van der Waals surface area contributed by atoms with Gasteiger partial charge in [-0.2, -0.15) is 13.5 Å². The molecule has 0 radical (unpaired) electrons. The van der Waals surface area contributed by atoms with Crippen molar-refractivity contribution >= 4 is 50.4 Å². The molecule has 2 atom stereocenters. The van der Waals surface area contributed by atoms with E-state index in [0.717, 1.165) is 11.3 Å². The average Bonchev–Trinajstić information content (AvgIpc) is 3.05. The summed E-state index contributed by atoms with van der Waals surface area (Å²) < 4.78 is 34.8. The predicted molar refractivity (Wildman–Crippen MR) is 106 cm³/mol. The van der Waals surface area contributed by atoms with Gasteiger partial charge in [0.15, 0.2) is 10.8 Å². The summed E-state index contributed by atoms with van der Waals surface area (Å²) in [5.74, 6) is -3.70. The molecule has 0 saturated carbocycles. The summed E-state index contributed by atoms with van der Waals surface area (Å²) in [6, 6.07) is -1.26. The first-order valence-corrected chi connectivity index (χ1v) is 10.9. The molecule has 2 amide bonds. The highest BCUT2D eigenvalue weighted by Gasteiger charge is 2.58. The number of hydrogen-bond donors (Lipinski definition) is 4. The maximum atomic E-state index is 12.8. The van der Waals surface area contributed by atoms with Gasteiger partial charge in [-0.1, -0.05) is 19.0 Å². The number of anilines is 1. The van der Waals surface area contributed by atoms with Crippen molar-refractivity contribution in [2.45, 2.75) is 45.4 Å². The number of thiazole rings is 1. The second-order valence-electron chi connectivity index (χ2n) is 7.31. The average molecular weight is 479 g/mol. The monoisotopic (exact) mass is 479 g/mol. The van der Waals surface area contributed by atoms with Crippen LogP contribution in [-0.2, 0) is 33.9 Å². The molecule has 172 valence electrons. The molecule has 1 aromatic heterocycles. The van der Waals surface area contributed by atoms with Crippen LogP contribution < -0.4 is 11.1 Å². The number of hydrogen-bond acceptors (Lipinski definition) is 11. The van der Waals surface area contributed by atoms with E-state index in [1.165, 1.54) is 19.2 Å². The van der Waals surface area contributed by atoms with E-state index in [1.54, 1.807) is 13.8 Å². The fourth-order valence-corrected chi connectivity index (χ4v) is 3.58. The summed E-state index contributed by atoms with van der Waals surface area (Å²) in [4.78, 5) is 45.3. The van der Waals surface area contributed by atoms with Crippen molar-refractivity contribution in [3.63, 3.8) is 0 Å². The molecular weight excluding hydrogens is 458 g/mol. The van der Waals surface area contributed by atoms with Crippen LogP contribution >= 0.6 is 11.3 Å². The molecule has 1 aliphatic rings. The Bertz CT molecular complexity index is 1020. The van der Waals surface area contributed by atoms with Gasteiger partial charge in [-0.05, 0) is 13.8 Å². The third-order valence-corrected chi connectivity index (χ3v) is 5.22. The summed E-state index contributed by atoms with van der Waals surface area (Å²) in [7, 11) is -4.96. The van der Waals surface area contributed by atoms with Crippen molar-refractivity contribution in [1.29, 1.82) is 0 Å². The summed E-state index contributed by atoms with van der Waals surface area (Å²) in [5, 5.41) is 17.1. The summed E-state index contributed by atoms with van der Waals surface area (Å²) in [6.07, 6.45) is -1.36. The number of carbonyl (C=O) groups is 3. The zero-order valence-corrected chi connectivity index (χ0v) is 18.4. The number of nitrogens with one attached hydrogen (secondary N) is 1. The van der Waals surface area contributed by atoms with Crippen LogP contribution in [-0.4, -0.2) is 69.3 Å². The van der Waals surface area contributed by atoms with Crippen LogP contribution in [0.4, 0.5) is 5.13 Å². The number of oxime groups is 1. The number of β-lactam (4-membered cyclic amide) rings is 1. The highest BCUT2D eigenvalue weighted by atomic mass is 32.3. The lowest BCUT2D eigenvalue weighted by atomic mass is 9.84. The van der Waals surface area contributed by atoms with Gasteiger partial charge in [0.05, 0.1) is 5.54 Å². The number of carbonyl (C=O) groups excluding carboxylic acids is 2. The number of nitrogens with two attached hydrogens (primary N) is 1. The maximum Gasteiger partial charge on any atom is 0.418 e. The standard InChI is InChI=1S/C15H21N5O9S2/c1-6(2)9(13(23)24)28-19-8(7-5-30-14(16)17-7)11(21)18-10-12(22)20(15(10,3)4)29-31(25,26)27/h5-6,9-10H,1-4H3,(H2,16,17)(H,18,21)(H,23,24)(H,25,26,27)/b19-8-/t9?,10-/m1/s1. The molecule has 1 unspecified atom stereocenters. The van der Waals surface area contributed by atoms with E-state index in [-0.39, 0.29) is 10.8 Å². The zero-order chi connectivity index (χ0) is 23.7. The van der Waals surface area contributed by atoms with Crippen LogP contribution in [0, 0.1) is 5.92 Å². The Labute approximate surface area is 180 Å². The molecule has 0 spiro atoms. The first-order chi connectivity index (χ1) is 14.1. The van der Waals surface area contributed by atoms with Gasteiger partial charge in [-0.25, -0.2) is 9.78 Å². The third kappa shape index (κ3) is 5.46. The molecule has 16 heteroatoms. The molecule has 14 nitrogen and oxygen atoms in total. The number of nitrogens with zero attached hydrogens (tertiary/aromatic N) is 3. The van der Waals surface area contributed by atoms with Gasteiger partial charge in [-0.3, -0.25) is 14.1 Å². The lowest BCUT2D eigenvalue weighted by Gasteiger charge is -2.50. The van der Waals surface area contributed by atoms with Gasteiger partial charge in [-0.15, -0.1) is 15.6 Å². The number of hydroxylamine groups is 2. The molecule has 1 fully saturated rings. The minimum atomic E-state index is -4.96. The van der Waals surface area contributed by atoms with Crippen molar-refractivity contribution in [3.8, 4) is 0 Å². The molecule has 1 saturated heterocycles. The SMILES string of the molecule is CC(C)C(O/N=C(\C(=O)N[C@@H]1C(=O)N(OS(=O)(=O)O)C1(C)C)c1csc(N)n1)C(=O)O. The zero-order valence-electron chi connectivity index (χ0n) is 16.8. The first-order valence-electron chi connectivity index (χ1n) is 8.65. The number of carboxylic acid groups (broad SMARTS) is 1. The van der Waals surface area contributed by atoms with E-state index < -0.39 is 57.5 Å². The number of aliphatic carboxylic acids is 1. The second kappa shape index (κ2) is 8.74. The van der Waals surface area contributed by atoms with Gasteiger partial charge < -0.3 is 21.0 Å². The molecule has 2 rings (SSSR count). The Morgan fingerprint density at radius 2 is 2.03 bits per heavy atom. The van der Waals surface area contributed by atoms with Gasteiger partial charge in [0.25, 0.3) is 11.8 Å². The lowest BCUT2D eigenvalue weighted by Crippen LogP contribution is -2.76. The fraction of sp³-hybridized carbons (Fsp3) is 0.533. The van der Waals surface area contributed by atoms with E-state index in [9.17, 15) is 27.9 Å². The topological polar surface area (TPSA) is 211 Å². The normalized spacial score (nSPS) is 19.7. The minimum Gasteiger partial charge on any atom is -0.478 e. The number of rotatable bonds is 9. The Balaban J connectivity index is 2.27. The predicted octanol–water partition coefficient (Wildman–Crippen LogP) is -0.605. The van der Waals surface area contributed by atoms with Crippen molar-refractivity contribution in [1.82, 2.24) is 15.4 Å². The van der Waals surface area contributed by atoms with Gasteiger partial charge >= 0.3 is 16.4 Å². The fourth-order valence-electron chi connectivity index (χ4n) is 2.58. The molecule has 0 bridgehead atoms. The lowest BCUT2D eigenvalue weighted by molar-refractivity contribution is -0.218. The van der Waals surface area contributed by atoms with Crippen LogP contribution in [0.15, 0.2) is 10.5 Å². The molecule has 1 aliphatic heterocycles. The maximum absolute atomic E-state index is 12.8. The summed E-state index contributed by atoms with van der Waals surface area (Å²) in [5.41, 5.74) is 3.74. The molecule has 0 aliphatic carbocycles. The number of nitrogen functional groups attached to an aromatic ring is 1. The van der Waals surface area contributed by atoms with E-state index in [0.29, 0.717) is 5.06 Å². The molecule has 1 aromatic rings. The largest absolute Gasteiger partial charge is 0.478 e. The Kier molecular flexibility index (Phi) is 6.89. The van der Waals surface area contributed by atoms with Crippen molar-refractivity contribution < 1.29 is 41.6 Å². The van der Waals surface area contributed by atoms with Gasteiger partial charge in [0.1, 0.15) is 11.7 Å². The highest BCUT2D eigenvalue weighted by molar-refractivity contribution is 7.80. The second-order valence-corrected chi connectivity index (χ2v) is 9.21. The van der Waals surface area contributed by atoms with Crippen molar-refractivity contribution in [3.05, 3.63) is 11.1 Å². The van der Waals surface area contributed by atoms with Crippen LogP contribution in [0.1, 0.15) is 33.4 Å². The number of carboxylic acids is 1. The van der Waals surface area contributed by atoms with E-state index in [4.69, 9.17) is 15.1 Å². The van der Waals surface area contributed by atoms with Crippen LogP contribution in [0.25, 0.3) is 0 Å². The van der Waals surface area contributed by atoms with E-state index >= 15 is 0 Å². The number of amides is 2. The van der Waals surface area contributed by atoms with E-state index in [2.05, 4.69) is 19.7 Å². The summed E-state index contributed by atoms with van der Waals surface area (Å²) in [6.45, 7) is 5.90. The van der Waals surface area contributed by atoms with Crippen LogP contribution in [0.3, 0.4) is 0 Å².